The topological polar surface area (TPSA) is 0 Å². The molecule has 0 aromatic heterocycles. The van der Waals surface area contributed by atoms with Crippen molar-refractivity contribution in [1.82, 2.24) is 0 Å². The summed E-state index contributed by atoms with van der Waals surface area (Å²) < 4.78 is 0. The maximum Gasteiger partial charge on any atom is -0.0225 e. The van der Waals surface area contributed by atoms with Crippen molar-refractivity contribution in [2.24, 2.45) is 0 Å². The van der Waals surface area contributed by atoms with Crippen molar-refractivity contribution in [3.8, 4) is 0 Å². The molecule has 0 radical (unpaired) electrons. The van der Waals surface area contributed by atoms with Gasteiger partial charge in [0, 0.05) is 0 Å². The van der Waals surface area contributed by atoms with E-state index in [2.05, 4.69) is 37.3 Å². The highest BCUT2D eigenvalue weighted by Gasteiger charge is 2.08. The molecule has 1 aliphatic carbocycles. The van der Waals surface area contributed by atoms with Crippen molar-refractivity contribution >= 4 is 5.57 Å². The molecule has 0 atom stereocenters. The van der Waals surface area contributed by atoms with Crippen LogP contribution in [0.5, 0.6) is 0 Å². The van der Waals surface area contributed by atoms with Gasteiger partial charge < -0.3 is 0 Å². The Balaban J connectivity index is 2.31. The number of benzene rings is 1. The highest BCUT2D eigenvalue weighted by Crippen LogP contribution is 2.30. The van der Waals surface area contributed by atoms with Crippen molar-refractivity contribution < 1.29 is 0 Å². The summed E-state index contributed by atoms with van der Waals surface area (Å²) in [7, 11) is 0. The Hall–Kier alpha value is -1.04. The van der Waals surface area contributed by atoms with Crippen molar-refractivity contribution in [2.45, 2.75) is 39.0 Å². The molecule has 0 N–H and O–H groups in total. The van der Waals surface area contributed by atoms with E-state index in [1.54, 1.807) is 11.1 Å². The van der Waals surface area contributed by atoms with E-state index >= 15 is 0 Å². The molecule has 0 amide bonds. The third-order valence-corrected chi connectivity index (χ3v) is 3.12. The van der Waals surface area contributed by atoms with Crippen molar-refractivity contribution in [3.63, 3.8) is 0 Å². The van der Waals surface area contributed by atoms with Crippen LogP contribution in [-0.2, 0) is 0 Å². The highest BCUT2D eigenvalue weighted by molar-refractivity contribution is 5.68. The van der Waals surface area contributed by atoms with E-state index in [0.717, 1.165) is 0 Å². The Bertz CT molecular complexity index is 319. The molecule has 0 heterocycles. The quantitative estimate of drug-likeness (QED) is 0.609. The zero-order valence-corrected chi connectivity index (χ0v) is 8.92. The zero-order valence-electron chi connectivity index (χ0n) is 8.92. The molecule has 0 bridgehead atoms. The fraction of sp³-hybridized carbons (Fsp3) is 0.429. The molecule has 74 valence electrons. The van der Waals surface area contributed by atoms with Gasteiger partial charge in [0.25, 0.3) is 0 Å². The monoisotopic (exact) mass is 186 g/mol. The number of hydrogen-bond acceptors (Lipinski definition) is 0. The second kappa shape index (κ2) is 4.45. The average molecular weight is 186 g/mol. The molecule has 0 saturated heterocycles. The molecule has 0 saturated carbocycles. The van der Waals surface area contributed by atoms with Crippen LogP contribution in [0, 0.1) is 0 Å². The molecular formula is C14H18. The molecule has 0 unspecified atom stereocenters. The van der Waals surface area contributed by atoms with Gasteiger partial charge in [-0.3, -0.25) is 0 Å². The van der Waals surface area contributed by atoms with E-state index in [4.69, 9.17) is 0 Å². The SMILES string of the molecule is CC1=C(c2ccccc2)CCCCC1. The van der Waals surface area contributed by atoms with Crippen LogP contribution >= 0.6 is 0 Å². The highest BCUT2D eigenvalue weighted by atomic mass is 14.1. The summed E-state index contributed by atoms with van der Waals surface area (Å²) >= 11 is 0. The smallest absolute Gasteiger partial charge is 0.0225 e. The predicted molar refractivity (Wildman–Crippen MR) is 62.1 cm³/mol. The maximum absolute atomic E-state index is 2.30. The summed E-state index contributed by atoms with van der Waals surface area (Å²) in [6.45, 7) is 2.30. The normalized spacial score (nSPS) is 18.1. The van der Waals surface area contributed by atoms with Gasteiger partial charge in [-0.25, -0.2) is 0 Å². The van der Waals surface area contributed by atoms with E-state index in [1.807, 2.05) is 0 Å². The summed E-state index contributed by atoms with van der Waals surface area (Å²) in [5, 5.41) is 0. The van der Waals surface area contributed by atoms with E-state index in [-0.39, 0.29) is 0 Å². The first-order valence-corrected chi connectivity index (χ1v) is 5.62. The Kier molecular flexibility index (Phi) is 3.03. The fourth-order valence-corrected chi connectivity index (χ4v) is 2.26. The number of allylic oxidation sites excluding steroid dienone is 2. The molecule has 0 spiro atoms. The second-order valence-corrected chi connectivity index (χ2v) is 4.19. The Labute approximate surface area is 86.7 Å². The van der Waals surface area contributed by atoms with Gasteiger partial charge in [-0.05, 0) is 43.7 Å². The van der Waals surface area contributed by atoms with Crippen molar-refractivity contribution in [2.75, 3.05) is 0 Å². The molecule has 0 heteroatoms. The van der Waals surface area contributed by atoms with Crippen LogP contribution in [0.3, 0.4) is 0 Å². The van der Waals surface area contributed by atoms with Crippen LogP contribution in [0.25, 0.3) is 5.57 Å². The number of hydrogen-bond donors (Lipinski definition) is 0. The Morgan fingerprint density at radius 1 is 0.857 bits per heavy atom. The number of rotatable bonds is 1. The van der Waals surface area contributed by atoms with E-state index < -0.39 is 0 Å². The lowest BCUT2D eigenvalue weighted by Crippen LogP contribution is -1.86. The van der Waals surface area contributed by atoms with Gasteiger partial charge in [0.05, 0.1) is 0 Å². The van der Waals surface area contributed by atoms with Gasteiger partial charge in [-0.15, -0.1) is 0 Å². The minimum atomic E-state index is 1.27. The largest absolute Gasteiger partial charge is 0.0695 e. The molecule has 1 aromatic carbocycles. The van der Waals surface area contributed by atoms with Gasteiger partial charge in [0.15, 0.2) is 0 Å². The molecule has 0 nitrogen and oxygen atoms in total. The first-order valence-electron chi connectivity index (χ1n) is 5.62. The minimum absolute atomic E-state index is 1.27. The van der Waals surface area contributed by atoms with Gasteiger partial charge in [0.2, 0.25) is 0 Å². The van der Waals surface area contributed by atoms with E-state index in [1.165, 1.54) is 37.7 Å². The molecule has 1 aliphatic rings. The van der Waals surface area contributed by atoms with Gasteiger partial charge in [-0.2, -0.15) is 0 Å². The summed E-state index contributed by atoms with van der Waals surface area (Å²) in [5.74, 6) is 0. The third-order valence-electron chi connectivity index (χ3n) is 3.12. The van der Waals surface area contributed by atoms with Crippen LogP contribution in [0.2, 0.25) is 0 Å². The maximum atomic E-state index is 2.30. The van der Waals surface area contributed by atoms with E-state index in [9.17, 15) is 0 Å². The fourth-order valence-electron chi connectivity index (χ4n) is 2.26. The lowest BCUT2D eigenvalue weighted by atomic mass is 9.97. The Morgan fingerprint density at radius 2 is 1.57 bits per heavy atom. The van der Waals surface area contributed by atoms with Crippen LogP contribution in [-0.4, -0.2) is 0 Å². The Morgan fingerprint density at radius 3 is 2.36 bits per heavy atom. The lowest BCUT2D eigenvalue weighted by molar-refractivity contribution is 0.712. The average Bonchev–Trinajstić information content (AvgIpc) is 2.44. The summed E-state index contributed by atoms with van der Waals surface area (Å²) in [4.78, 5) is 0. The minimum Gasteiger partial charge on any atom is -0.0695 e. The van der Waals surface area contributed by atoms with Crippen molar-refractivity contribution in [3.05, 3.63) is 41.5 Å². The van der Waals surface area contributed by atoms with E-state index in [0.29, 0.717) is 0 Å². The third kappa shape index (κ3) is 2.06. The molecule has 1 aromatic rings. The van der Waals surface area contributed by atoms with Crippen LogP contribution < -0.4 is 0 Å². The van der Waals surface area contributed by atoms with Crippen molar-refractivity contribution in [1.29, 1.82) is 0 Å². The molecule has 0 fully saturated rings. The van der Waals surface area contributed by atoms with Gasteiger partial charge in [-0.1, -0.05) is 42.3 Å². The first kappa shape index (κ1) is 9.51. The molecule has 0 aliphatic heterocycles. The van der Waals surface area contributed by atoms with Gasteiger partial charge in [0.1, 0.15) is 0 Å². The molecular weight excluding hydrogens is 168 g/mol. The predicted octanol–water partition coefficient (Wildman–Crippen LogP) is 4.42. The van der Waals surface area contributed by atoms with Gasteiger partial charge >= 0.3 is 0 Å². The summed E-state index contributed by atoms with van der Waals surface area (Å²) in [5.41, 5.74) is 4.64. The van der Waals surface area contributed by atoms with Crippen LogP contribution in [0.15, 0.2) is 35.9 Å². The molecule has 14 heavy (non-hydrogen) atoms. The van der Waals surface area contributed by atoms with Crippen LogP contribution in [0.4, 0.5) is 0 Å². The first-order chi connectivity index (χ1) is 6.88. The standard InChI is InChI=1S/C14H18/c1-12-8-4-2-7-11-14(12)13-9-5-3-6-10-13/h3,5-6,9-10H,2,4,7-8,11H2,1H3. The van der Waals surface area contributed by atoms with Crippen LogP contribution in [0.1, 0.15) is 44.6 Å². The zero-order chi connectivity index (χ0) is 9.80. The lowest BCUT2D eigenvalue weighted by Gasteiger charge is -2.08. The summed E-state index contributed by atoms with van der Waals surface area (Å²) in [6.07, 6.45) is 6.71. The second-order valence-electron chi connectivity index (χ2n) is 4.19. The molecule has 2 rings (SSSR count). The summed E-state index contributed by atoms with van der Waals surface area (Å²) in [6, 6.07) is 10.9.